The van der Waals surface area contributed by atoms with E-state index in [-0.39, 0.29) is 0 Å². The first kappa shape index (κ1) is 18.8. The van der Waals surface area contributed by atoms with E-state index in [2.05, 4.69) is 67.2 Å². The number of aromatic nitrogens is 2. The first-order chi connectivity index (χ1) is 13.1. The summed E-state index contributed by atoms with van der Waals surface area (Å²) >= 11 is 0. The van der Waals surface area contributed by atoms with Gasteiger partial charge in [0.1, 0.15) is 5.75 Å². The fraction of sp³-hybridized carbons (Fsp3) is 0.261. The highest BCUT2D eigenvalue weighted by atomic mass is 16.5. The number of benzene rings is 2. The van der Waals surface area contributed by atoms with E-state index >= 15 is 0 Å². The molecule has 0 N–H and O–H groups in total. The third-order valence-electron chi connectivity index (χ3n) is 4.27. The van der Waals surface area contributed by atoms with Gasteiger partial charge in [0.2, 0.25) is 0 Å². The van der Waals surface area contributed by atoms with Gasteiger partial charge in [-0.1, -0.05) is 44.2 Å². The van der Waals surface area contributed by atoms with Gasteiger partial charge < -0.3 is 14.2 Å². The highest BCUT2D eigenvalue weighted by Crippen LogP contribution is 2.28. The Hall–Kier alpha value is -3.01. The van der Waals surface area contributed by atoms with Gasteiger partial charge in [0, 0.05) is 37.2 Å². The Bertz CT molecular complexity index is 854. The fourth-order valence-electron chi connectivity index (χ4n) is 2.83. The topological polar surface area (TPSA) is 30.3 Å². The molecule has 2 aromatic carbocycles. The maximum atomic E-state index is 6.08. The summed E-state index contributed by atoms with van der Waals surface area (Å²) in [6.45, 7) is 5.78. The first-order valence-corrected chi connectivity index (χ1v) is 9.32. The summed E-state index contributed by atoms with van der Waals surface area (Å²) in [6, 6.07) is 18.6. The number of ether oxygens (including phenoxy) is 1. The van der Waals surface area contributed by atoms with Gasteiger partial charge in [0.15, 0.2) is 0 Å². The largest absolute Gasteiger partial charge is 0.493 e. The average molecular weight is 361 g/mol. The van der Waals surface area contributed by atoms with Crippen LogP contribution in [0.25, 0.3) is 5.70 Å². The number of likely N-dealkylation sites (N-methyl/N-ethyl adjacent to an activating group) is 1. The Balaban J connectivity index is 1.91. The van der Waals surface area contributed by atoms with E-state index < -0.39 is 0 Å². The molecule has 0 radical (unpaired) electrons. The Morgan fingerprint density at radius 1 is 1.11 bits per heavy atom. The standard InChI is InChI=1S/C23H27N3O/c1-19(2)17-27-23-12-8-7-11-21(23)22(26-16-14-24-18-26)13-15-25(3)20-9-5-4-6-10-20/h4-14,16,18-19H,15,17H2,1-3H3/b22-13-. The van der Waals surface area contributed by atoms with Gasteiger partial charge >= 0.3 is 0 Å². The predicted octanol–water partition coefficient (Wildman–Crippen LogP) is 4.94. The number of hydrogen-bond acceptors (Lipinski definition) is 3. The molecule has 3 aromatic rings. The third kappa shape index (κ3) is 5.00. The molecule has 0 aliphatic heterocycles. The summed E-state index contributed by atoms with van der Waals surface area (Å²) in [6.07, 6.45) is 7.81. The molecule has 0 bridgehead atoms. The molecular formula is C23H27N3O. The van der Waals surface area contributed by atoms with Crippen molar-refractivity contribution < 1.29 is 4.74 Å². The van der Waals surface area contributed by atoms with Crippen molar-refractivity contribution in [3.05, 3.63) is 85.0 Å². The minimum atomic E-state index is 0.475. The lowest BCUT2D eigenvalue weighted by Crippen LogP contribution is -2.17. The van der Waals surface area contributed by atoms with Crippen molar-refractivity contribution in [1.82, 2.24) is 9.55 Å². The monoisotopic (exact) mass is 361 g/mol. The predicted molar refractivity (Wildman–Crippen MR) is 112 cm³/mol. The summed E-state index contributed by atoms with van der Waals surface area (Å²) in [5.74, 6) is 1.37. The van der Waals surface area contributed by atoms with Gasteiger partial charge in [-0.2, -0.15) is 0 Å². The molecule has 1 heterocycles. The minimum absolute atomic E-state index is 0.475. The molecule has 27 heavy (non-hydrogen) atoms. The van der Waals surface area contributed by atoms with Crippen LogP contribution in [0.4, 0.5) is 5.69 Å². The van der Waals surface area contributed by atoms with Crippen LogP contribution in [0.5, 0.6) is 5.75 Å². The molecule has 1 aromatic heterocycles. The maximum Gasteiger partial charge on any atom is 0.128 e. The number of hydrogen-bond donors (Lipinski definition) is 0. The van der Waals surface area contributed by atoms with Crippen LogP contribution in [0.15, 0.2) is 79.4 Å². The molecule has 0 spiro atoms. The lowest BCUT2D eigenvalue weighted by Gasteiger charge is -2.20. The smallest absolute Gasteiger partial charge is 0.128 e. The number of rotatable bonds is 8. The lowest BCUT2D eigenvalue weighted by molar-refractivity contribution is 0.270. The van der Waals surface area contributed by atoms with Gasteiger partial charge in [0.05, 0.1) is 18.6 Å². The second-order valence-corrected chi connectivity index (χ2v) is 6.98. The molecule has 0 unspecified atom stereocenters. The zero-order valence-electron chi connectivity index (χ0n) is 16.2. The van der Waals surface area contributed by atoms with Gasteiger partial charge in [-0.25, -0.2) is 4.98 Å². The molecule has 0 aliphatic carbocycles. The van der Waals surface area contributed by atoms with Crippen molar-refractivity contribution in [2.24, 2.45) is 5.92 Å². The molecule has 140 valence electrons. The molecule has 0 amide bonds. The van der Waals surface area contributed by atoms with Crippen LogP contribution >= 0.6 is 0 Å². The van der Waals surface area contributed by atoms with E-state index in [1.54, 1.807) is 6.20 Å². The second-order valence-electron chi connectivity index (χ2n) is 6.98. The van der Waals surface area contributed by atoms with E-state index in [1.165, 1.54) is 5.69 Å². The molecule has 0 fully saturated rings. The van der Waals surface area contributed by atoms with E-state index in [9.17, 15) is 0 Å². The van der Waals surface area contributed by atoms with Crippen LogP contribution in [0.3, 0.4) is 0 Å². The highest BCUT2D eigenvalue weighted by molar-refractivity contribution is 5.71. The zero-order chi connectivity index (χ0) is 19.1. The zero-order valence-corrected chi connectivity index (χ0v) is 16.2. The Morgan fingerprint density at radius 2 is 1.85 bits per heavy atom. The van der Waals surface area contributed by atoms with Crippen LogP contribution in [0.1, 0.15) is 19.4 Å². The van der Waals surface area contributed by atoms with Gasteiger partial charge in [-0.3, -0.25) is 0 Å². The molecular weight excluding hydrogens is 334 g/mol. The highest BCUT2D eigenvalue weighted by Gasteiger charge is 2.11. The van der Waals surface area contributed by atoms with Crippen molar-refractivity contribution in [2.45, 2.75) is 13.8 Å². The van der Waals surface area contributed by atoms with Crippen LogP contribution in [-0.2, 0) is 0 Å². The summed E-state index contributed by atoms with van der Waals surface area (Å²) in [5.41, 5.74) is 3.32. The summed E-state index contributed by atoms with van der Waals surface area (Å²) in [5, 5.41) is 0. The molecule has 4 heteroatoms. The molecule has 0 saturated heterocycles. The van der Waals surface area contributed by atoms with E-state index in [1.807, 2.05) is 41.4 Å². The molecule has 0 atom stereocenters. The van der Waals surface area contributed by atoms with E-state index in [0.717, 1.165) is 23.6 Å². The summed E-state index contributed by atoms with van der Waals surface area (Å²) in [7, 11) is 2.10. The van der Waals surface area contributed by atoms with Crippen molar-refractivity contribution in [3.63, 3.8) is 0 Å². The number of anilines is 1. The van der Waals surface area contributed by atoms with Crippen molar-refractivity contribution in [1.29, 1.82) is 0 Å². The normalized spacial score (nSPS) is 11.6. The summed E-state index contributed by atoms with van der Waals surface area (Å²) < 4.78 is 8.12. The van der Waals surface area contributed by atoms with Gasteiger partial charge in [-0.05, 0) is 36.3 Å². The van der Waals surface area contributed by atoms with Crippen LogP contribution in [0, 0.1) is 5.92 Å². The number of nitrogens with zero attached hydrogens (tertiary/aromatic N) is 3. The molecule has 0 saturated carbocycles. The Morgan fingerprint density at radius 3 is 2.56 bits per heavy atom. The summed E-state index contributed by atoms with van der Waals surface area (Å²) in [4.78, 5) is 6.44. The minimum Gasteiger partial charge on any atom is -0.493 e. The first-order valence-electron chi connectivity index (χ1n) is 9.32. The number of imidazole rings is 1. The van der Waals surface area contributed by atoms with Gasteiger partial charge in [0.25, 0.3) is 0 Å². The van der Waals surface area contributed by atoms with Gasteiger partial charge in [-0.15, -0.1) is 0 Å². The van der Waals surface area contributed by atoms with Crippen LogP contribution in [-0.4, -0.2) is 29.8 Å². The molecule has 4 nitrogen and oxygen atoms in total. The maximum absolute atomic E-state index is 6.08. The Labute approximate surface area is 161 Å². The van der Waals surface area contributed by atoms with E-state index in [4.69, 9.17) is 4.74 Å². The van der Waals surface area contributed by atoms with Crippen molar-refractivity contribution in [3.8, 4) is 5.75 Å². The SMILES string of the molecule is CC(C)COc1ccccc1/C(=C/CN(C)c1ccccc1)n1ccnc1. The van der Waals surface area contributed by atoms with Crippen LogP contribution < -0.4 is 9.64 Å². The quantitative estimate of drug-likeness (QED) is 0.569. The molecule has 3 rings (SSSR count). The lowest BCUT2D eigenvalue weighted by atomic mass is 10.1. The number of para-hydroxylation sites is 2. The van der Waals surface area contributed by atoms with Crippen molar-refractivity contribution in [2.75, 3.05) is 25.1 Å². The van der Waals surface area contributed by atoms with Crippen molar-refractivity contribution >= 4 is 11.4 Å². The average Bonchev–Trinajstić information content (AvgIpc) is 3.22. The third-order valence-corrected chi connectivity index (χ3v) is 4.27. The molecule has 0 aliphatic rings. The second kappa shape index (κ2) is 9.08. The fourth-order valence-corrected chi connectivity index (χ4v) is 2.83. The van der Waals surface area contributed by atoms with E-state index in [0.29, 0.717) is 12.5 Å². The van der Waals surface area contributed by atoms with Crippen LogP contribution in [0.2, 0.25) is 0 Å². The Kier molecular flexibility index (Phi) is 6.31.